The van der Waals surface area contributed by atoms with Gasteiger partial charge in [0.25, 0.3) is 0 Å². The fourth-order valence-electron chi connectivity index (χ4n) is 3.06. The molecule has 0 bridgehead atoms. The number of hydrogen-bond donors (Lipinski definition) is 1. The number of nitrogen functional groups attached to an aromatic ring is 1. The molecule has 22 heavy (non-hydrogen) atoms. The zero-order chi connectivity index (χ0) is 15.1. The van der Waals surface area contributed by atoms with Crippen molar-refractivity contribution in [3.63, 3.8) is 0 Å². The first-order valence-corrected chi connectivity index (χ1v) is 8.96. The number of aromatic nitrogens is 3. The number of fused-ring (bicyclic) bond motifs is 2. The second kappa shape index (κ2) is 5.57. The van der Waals surface area contributed by atoms with Crippen LogP contribution in [-0.4, -0.2) is 31.7 Å². The quantitative estimate of drug-likeness (QED) is 0.782. The maximum absolute atomic E-state index is 5.82. The summed E-state index contributed by atoms with van der Waals surface area (Å²) >= 11 is 2.91. The van der Waals surface area contributed by atoms with Gasteiger partial charge in [0.05, 0.1) is 17.4 Å². The summed E-state index contributed by atoms with van der Waals surface area (Å²) in [6, 6.07) is 6.78. The number of benzene rings is 1. The fourth-order valence-corrected chi connectivity index (χ4v) is 4.44. The third kappa shape index (κ3) is 2.49. The number of thiazole rings is 1. The summed E-state index contributed by atoms with van der Waals surface area (Å²) in [6.07, 6.45) is 2.02. The number of hydrogen-bond acceptors (Lipinski definition) is 7. The smallest absolute Gasteiger partial charge is 0.180 e. The predicted octanol–water partition coefficient (Wildman–Crippen LogP) is 2.89. The lowest BCUT2D eigenvalue weighted by molar-refractivity contribution is 0.221. The van der Waals surface area contributed by atoms with Crippen LogP contribution in [0.25, 0.3) is 11.0 Å². The molecule has 1 aliphatic heterocycles. The third-order valence-electron chi connectivity index (χ3n) is 4.36. The Kier molecular flexibility index (Phi) is 3.56. The minimum absolute atomic E-state index is 0.373. The molecule has 7 heteroatoms. The molecule has 1 aromatic carbocycles. The second-order valence-corrected chi connectivity index (χ2v) is 7.29. The zero-order valence-corrected chi connectivity index (χ0v) is 14.0. The van der Waals surface area contributed by atoms with Gasteiger partial charge in [-0.15, -0.1) is 11.3 Å². The molecule has 1 unspecified atom stereocenters. The van der Waals surface area contributed by atoms with Crippen molar-refractivity contribution in [2.24, 2.45) is 0 Å². The van der Waals surface area contributed by atoms with Crippen LogP contribution in [0.1, 0.15) is 29.1 Å². The van der Waals surface area contributed by atoms with Crippen molar-refractivity contribution in [2.45, 2.75) is 25.8 Å². The molecule has 0 amide bonds. The largest absolute Gasteiger partial charge is 0.375 e. The van der Waals surface area contributed by atoms with E-state index in [2.05, 4.69) is 43.8 Å². The molecule has 3 aromatic rings. The van der Waals surface area contributed by atoms with Gasteiger partial charge in [-0.3, -0.25) is 4.90 Å². The van der Waals surface area contributed by atoms with Crippen molar-refractivity contribution in [3.05, 3.63) is 34.3 Å². The van der Waals surface area contributed by atoms with Gasteiger partial charge >= 0.3 is 0 Å². The van der Waals surface area contributed by atoms with E-state index in [4.69, 9.17) is 5.73 Å². The Morgan fingerprint density at radius 3 is 2.91 bits per heavy atom. The Hall–Kier alpha value is -1.57. The molecule has 5 nitrogen and oxygen atoms in total. The van der Waals surface area contributed by atoms with Gasteiger partial charge in [-0.05, 0) is 31.0 Å². The van der Waals surface area contributed by atoms with Crippen LogP contribution in [0.2, 0.25) is 0 Å². The van der Waals surface area contributed by atoms with Gasteiger partial charge in [0.1, 0.15) is 11.0 Å². The molecule has 0 fully saturated rings. The number of anilines is 1. The summed E-state index contributed by atoms with van der Waals surface area (Å²) in [4.78, 5) is 8.34. The van der Waals surface area contributed by atoms with Crippen LogP contribution < -0.4 is 5.73 Å². The summed E-state index contributed by atoms with van der Waals surface area (Å²) in [5, 5.41) is 0.702. The molecule has 3 heterocycles. The van der Waals surface area contributed by atoms with Crippen molar-refractivity contribution in [3.8, 4) is 0 Å². The topological polar surface area (TPSA) is 67.9 Å². The highest BCUT2D eigenvalue weighted by molar-refractivity contribution is 7.15. The SMILES string of the molecule is CC(c1ccc2nsnc2c1)N1CCc2nc(N)sc2CC1. The lowest BCUT2D eigenvalue weighted by atomic mass is 10.1. The van der Waals surface area contributed by atoms with Crippen LogP contribution in [0.3, 0.4) is 0 Å². The molecule has 1 aliphatic rings. The molecule has 114 valence electrons. The molecular formula is C15H17N5S2. The van der Waals surface area contributed by atoms with Crippen LogP contribution in [-0.2, 0) is 12.8 Å². The van der Waals surface area contributed by atoms with Crippen LogP contribution in [0.5, 0.6) is 0 Å². The van der Waals surface area contributed by atoms with Crippen LogP contribution >= 0.6 is 23.1 Å². The predicted molar refractivity (Wildman–Crippen MR) is 91.3 cm³/mol. The van der Waals surface area contributed by atoms with E-state index in [0.717, 1.165) is 37.0 Å². The summed E-state index contributed by atoms with van der Waals surface area (Å²) in [5.74, 6) is 0. The van der Waals surface area contributed by atoms with Crippen LogP contribution in [0.15, 0.2) is 18.2 Å². The molecule has 0 saturated carbocycles. The van der Waals surface area contributed by atoms with Crippen molar-refractivity contribution < 1.29 is 0 Å². The Labute approximate surface area is 137 Å². The van der Waals surface area contributed by atoms with E-state index in [-0.39, 0.29) is 0 Å². The zero-order valence-electron chi connectivity index (χ0n) is 12.3. The van der Waals surface area contributed by atoms with Gasteiger partial charge in [-0.2, -0.15) is 8.75 Å². The Balaban J connectivity index is 1.55. The highest BCUT2D eigenvalue weighted by Gasteiger charge is 2.22. The summed E-state index contributed by atoms with van der Waals surface area (Å²) in [7, 11) is 0. The summed E-state index contributed by atoms with van der Waals surface area (Å²) in [6.45, 7) is 4.33. The fraction of sp³-hybridized carbons (Fsp3) is 0.400. The second-order valence-electron chi connectivity index (χ2n) is 5.65. The number of nitrogens with zero attached hydrogens (tertiary/aromatic N) is 4. The summed E-state index contributed by atoms with van der Waals surface area (Å²) < 4.78 is 8.62. The minimum Gasteiger partial charge on any atom is -0.375 e. The molecule has 0 spiro atoms. The maximum Gasteiger partial charge on any atom is 0.180 e. The summed E-state index contributed by atoms with van der Waals surface area (Å²) in [5.41, 5.74) is 10.3. The van der Waals surface area contributed by atoms with Gasteiger partial charge in [-0.25, -0.2) is 4.98 Å². The average molecular weight is 331 g/mol. The lowest BCUT2D eigenvalue weighted by Crippen LogP contribution is -2.29. The minimum atomic E-state index is 0.373. The number of nitrogens with two attached hydrogens (primary N) is 1. The van der Waals surface area contributed by atoms with Gasteiger partial charge in [0, 0.05) is 30.4 Å². The maximum atomic E-state index is 5.82. The van der Waals surface area contributed by atoms with E-state index in [1.165, 1.54) is 27.9 Å². The first-order valence-electron chi connectivity index (χ1n) is 7.41. The molecule has 2 N–H and O–H groups in total. The van der Waals surface area contributed by atoms with Gasteiger partial charge in [0.15, 0.2) is 5.13 Å². The van der Waals surface area contributed by atoms with Crippen molar-refractivity contribution in [1.29, 1.82) is 0 Å². The van der Waals surface area contributed by atoms with E-state index in [0.29, 0.717) is 11.2 Å². The van der Waals surface area contributed by atoms with Crippen LogP contribution in [0, 0.1) is 0 Å². The van der Waals surface area contributed by atoms with E-state index in [9.17, 15) is 0 Å². The Bertz CT molecular complexity index is 784. The van der Waals surface area contributed by atoms with Gasteiger partial charge in [-0.1, -0.05) is 6.07 Å². The van der Waals surface area contributed by atoms with Gasteiger partial charge in [0.2, 0.25) is 0 Å². The Morgan fingerprint density at radius 2 is 2.00 bits per heavy atom. The average Bonchev–Trinajstić information content (AvgIpc) is 3.07. The molecule has 1 atom stereocenters. The van der Waals surface area contributed by atoms with E-state index in [1.807, 2.05) is 0 Å². The van der Waals surface area contributed by atoms with Crippen LogP contribution in [0.4, 0.5) is 5.13 Å². The van der Waals surface area contributed by atoms with Crippen molar-refractivity contribution in [1.82, 2.24) is 18.6 Å². The molecule has 0 radical (unpaired) electrons. The lowest BCUT2D eigenvalue weighted by Gasteiger charge is -2.27. The third-order valence-corrected chi connectivity index (χ3v) is 5.91. The van der Waals surface area contributed by atoms with Gasteiger partial charge < -0.3 is 5.73 Å². The van der Waals surface area contributed by atoms with Crippen molar-refractivity contribution >= 4 is 39.2 Å². The normalized spacial score (nSPS) is 17.3. The standard InChI is InChI=1S/C15H17N5S2/c1-9(10-2-3-11-13(8-10)19-22-18-11)20-6-4-12-14(5-7-20)21-15(16)17-12/h2-3,8-9H,4-7H2,1H3,(H2,16,17). The molecular weight excluding hydrogens is 314 g/mol. The molecule has 4 rings (SSSR count). The van der Waals surface area contributed by atoms with E-state index in [1.54, 1.807) is 11.3 Å². The first-order chi connectivity index (χ1) is 10.7. The molecule has 2 aromatic heterocycles. The number of rotatable bonds is 2. The Morgan fingerprint density at radius 1 is 1.18 bits per heavy atom. The highest BCUT2D eigenvalue weighted by Crippen LogP contribution is 2.29. The van der Waals surface area contributed by atoms with E-state index < -0.39 is 0 Å². The van der Waals surface area contributed by atoms with Crippen molar-refractivity contribution in [2.75, 3.05) is 18.8 Å². The monoisotopic (exact) mass is 331 g/mol. The first kappa shape index (κ1) is 14.0. The molecule has 0 saturated heterocycles. The van der Waals surface area contributed by atoms with E-state index >= 15 is 0 Å². The molecule has 0 aliphatic carbocycles. The highest BCUT2D eigenvalue weighted by atomic mass is 32.1.